The molecule has 0 radical (unpaired) electrons. The summed E-state index contributed by atoms with van der Waals surface area (Å²) in [5.41, 5.74) is -0.434. The summed E-state index contributed by atoms with van der Waals surface area (Å²) in [6.07, 6.45) is 0.775. The third-order valence-electron chi connectivity index (χ3n) is 2.62. The molecule has 74 valence electrons. The van der Waals surface area contributed by atoms with Crippen LogP contribution < -0.4 is 0 Å². The van der Waals surface area contributed by atoms with Gasteiger partial charge in [-0.1, -0.05) is 17.7 Å². The fourth-order valence-electron chi connectivity index (χ4n) is 1.84. The summed E-state index contributed by atoms with van der Waals surface area (Å²) in [5.74, 6) is -1.20. The molecule has 1 atom stereocenters. The Hall–Kier alpha value is -1.06. The average molecular weight is 213 g/mol. The molecule has 1 aliphatic rings. The monoisotopic (exact) mass is 212 g/mol. The van der Waals surface area contributed by atoms with Gasteiger partial charge in [-0.25, -0.2) is 4.79 Å². The Labute approximate surface area is 85.9 Å². The van der Waals surface area contributed by atoms with E-state index in [2.05, 4.69) is 0 Å². The zero-order valence-corrected chi connectivity index (χ0v) is 8.08. The first-order chi connectivity index (χ1) is 6.54. The van der Waals surface area contributed by atoms with Crippen molar-refractivity contribution in [1.82, 2.24) is 0 Å². The van der Waals surface area contributed by atoms with Crippen LogP contribution in [-0.4, -0.2) is 16.2 Å². The summed E-state index contributed by atoms with van der Waals surface area (Å²) >= 11 is 5.77. The summed E-state index contributed by atoms with van der Waals surface area (Å²) in [6, 6.07) is 4.89. The predicted octanol–water partition coefficient (Wildman–Crippen LogP) is 1.56. The maximum atomic E-state index is 10.9. The van der Waals surface area contributed by atoms with E-state index in [9.17, 15) is 9.90 Å². The Morgan fingerprint density at radius 2 is 2.21 bits per heavy atom. The normalized spacial score (nSPS) is 24.7. The maximum absolute atomic E-state index is 10.9. The van der Waals surface area contributed by atoms with Gasteiger partial charge in [0.2, 0.25) is 0 Å². The molecule has 1 unspecified atom stereocenters. The van der Waals surface area contributed by atoms with Crippen LogP contribution in [0.25, 0.3) is 0 Å². The van der Waals surface area contributed by atoms with Gasteiger partial charge in [0, 0.05) is 5.02 Å². The minimum absolute atomic E-state index is 0.220. The maximum Gasteiger partial charge on any atom is 0.340 e. The van der Waals surface area contributed by atoms with Crippen molar-refractivity contribution in [3.05, 3.63) is 34.3 Å². The Balaban J connectivity index is 2.55. The molecule has 14 heavy (non-hydrogen) atoms. The van der Waals surface area contributed by atoms with Crippen molar-refractivity contribution < 1.29 is 15.0 Å². The van der Waals surface area contributed by atoms with Crippen LogP contribution in [0.1, 0.15) is 17.5 Å². The fourth-order valence-corrected chi connectivity index (χ4v) is 2.04. The molecule has 0 amide bonds. The van der Waals surface area contributed by atoms with Gasteiger partial charge in [-0.2, -0.15) is 0 Å². The summed E-state index contributed by atoms with van der Waals surface area (Å²) < 4.78 is 0. The molecular formula is C10H9ClO3. The number of carboxylic acids is 1. The molecule has 0 aromatic heterocycles. The van der Waals surface area contributed by atoms with Crippen molar-refractivity contribution >= 4 is 17.6 Å². The molecule has 0 saturated heterocycles. The summed E-state index contributed by atoms with van der Waals surface area (Å²) in [4.78, 5) is 10.9. The lowest BCUT2D eigenvalue weighted by atomic mass is 9.96. The SMILES string of the molecule is O=C(O)C1(O)CCc2cc(Cl)ccc21. The number of fused-ring (bicyclic) bond motifs is 1. The van der Waals surface area contributed by atoms with Gasteiger partial charge in [0.25, 0.3) is 0 Å². The molecule has 2 rings (SSSR count). The smallest absolute Gasteiger partial charge is 0.340 e. The number of hydrogen-bond acceptors (Lipinski definition) is 2. The molecule has 4 heteroatoms. The molecule has 0 heterocycles. The van der Waals surface area contributed by atoms with Crippen molar-refractivity contribution in [2.24, 2.45) is 0 Å². The standard InChI is InChI=1S/C10H9ClO3/c11-7-1-2-8-6(5-7)3-4-10(8,14)9(12)13/h1-2,5,14H,3-4H2,(H,12,13). The molecule has 2 N–H and O–H groups in total. The quantitative estimate of drug-likeness (QED) is 0.743. The molecule has 0 spiro atoms. The number of hydrogen-bond donors (Lipinski definition) is 2. The third kappa shape index (κ3) is 1.21. The second-order valence-corrected chi connectivity index (χ2v) is 3.90. The van der Waals surface area contributed by atoms with E-state index < -0.39 is 11.6 Å². The second kappa shape index (κ2) is 2.97. The Morgan fingerprint density at radius 1 is 1.50 bits per heavy atom. The van der Waals surface area contributed by atoms with Crippen LogP contribution in [-0.2, 0) is 16.8 Å². The summed E-state index contributed by atoms with van der Waals surface area (Å²) in [6.45, 7) is 0. The highest BCUT2D eigenvalue weighted by molar-refractivity contribution is 6.30. The first-order valence-corrected chi connectivity index (χ1v) is 4.66. The van der Waals surface area contributed by atoms with Crippen LogP contribution in [0, 0.1) is 0 Å². The van der Waals surface area contributed by atoms with E-state index in [1.807, 2.05) is 0 Å². The first-order valence-electron chi connectivity index (χ1n) is 4.29. The number of carboxylic acid groups (broad SMARTS) is 1. The van der Waals surface area contributed by atoms with Crippen LogP contribution in [0.15, 0.2) is 18.2 Å². The van der Waals surface area contributed by atoms with Gasteiger partial charge < -0.3 is 10.2 Å². The van der Waals surface area contributed by atoms with Gasteiger partial charge in [-0.15, -0.1) is 0 Å². The highest BCUT2D eigenvalue weighted by atomic mass is 35.5. The van der Waals surface area contributed by atoms with Crippen molar-refractivity contribution in [2.45, 2.75) is 18.4 Å². The predicted molar refractivity (Wildman–Crippen MR) is 51.3 cm³/mol. The Morgan fingerprint density at radius 3 is 2.86 bits per heavy atom. The molecule has 1 aromatic carbocycles. The minimum Gasteiger partial charge on any atom is -0.479 e. The molecule has 1 aliphatic carbocycles. The van der Waals surface area contributed by atoms with E-state index in [1.165, 1.54) is 0 Å². The van der Waals surface area contributed by atoms with Gasteiger partial charge in [0.15, 0.2) is 5.60 Å². The number of aryl methyl sites for hydroxylation is 1. The number of aliphatic hydroxyl groups is 1. The average Bonchev–Trinajstić information content (AvgIpc) is 2.45. The van der Waals surface area contributed by atoms with Gasteiger partial charge in [-0.05, 0) is 36.1 Å². The van der Waals surface area contributed by atoms with Crippen molar-refractivity contribution in [1.29, 1.82) is 0 Å². The zero-order valence-electron chi connectivity index (χ0n) is 7.33. The lowest BCUT2D eigenvalue weighted by molar-refractivity contribution is -0.159. The lowest BCUT2D eigenvalue weighted by Crippen LogP contribution is -2.32. The molecule has 3 nitrogen and oxygen atoms in total. The van der Waals surface area contributed by atoms with Gasteiger partial charge in [0.05, 0.1) is 0 Å². The van der Waals surface area contributed by atoms with Crippen LogP contribution in [0.5, 0.6) is 0 Å². The Kier molecular flexibility index (Phi) is 2.01. The molecule has 0 aliphatic heterocycles. The minimum atomic E-state index is -1.72. The first kappa shape index (κ1) is 9.49. The van der Waals surface area contributed by atoms with Gasteiger partial charge in [-0.3, -0.25) is 0 Å². The lowest BCUT2D eigenvalue weighted by Gasteiger charge is -2.17. The van der Waals surface area contributed by atoms with E-state index in [-0.39, 0.29) is 6.42 Å². The van der Waals surface area contributed by atoms with Gasteiger partial charge >= 0.3 is 5.97 Å². The summed E-state index contributed by atoms with van der Waals surface area (Å²) in [7, 11) is 0. The highest BCUT2D eigenvalue weighted by Gasteiger charge is 2.43. The molecule has 0 bridgehead atoms. The number of benzene rings is 1. The number of carbonyl (C=O) groups is 1. The largest absolute Gasteiger partial charge is 0.479 e. The number of halogens is 1. The molecular weight excluding hydrogens is 204 g/mol. The van der Waals surface area contributed by atoms with Crippen LogP contribution in [0.4, 0.5) is 0 Å². The Bertz CT molecular complexity index is 402. The highest BCUT2D eigenvalue weighted by Crippen LogP contribution is 2.38. The summed E-state index contributed by atoms with van der Waals surface area (Å²) in [5, 5.41) is 19.3. The topological polar surface area (TPSA) is 57.5 Å². The molecule has 1 aromatic rings. The number of rotatable bonds is 1. The van der Waals surface area contributed by atoms with E-state index in [1.54, 1.807) is 18.2 Å². The van der Waals surface area contributed by atoms with E-state index in [0.29, 0.717) is 17.0 Å². The second-order valence-electron chi connectivity index (χ2n) is 3.47. The fraction of sp³-hybridized carbons (Fsp3) is 0.300. The molecule has 0 fully saturated rings. The van der Waals surface area contributed by atoms with E-state index in [4.69, 9.17) is 16.7 Å². The van der Waals surface area contributed by atoms with Crippen LogP contribution >= 0.6 is 11.6 Å². The van der Waals surface area contributed by atoms with Gasteiger partial charge in [0.1, 0.15) is 0 Å². The van der Waals surface area contributed by atoms with E-state index >= 15 is 0 Å². The number of aliphatic carboxylic acids is 1. The van der Waals surface area contributed by atoms with Crippen molar-refractivity contribution in [3.63, 3.8) is 0 Å². The van der Waals surface area contributed by atoms with Crippen LogP contribution in [0.3, 0.4) is 0 Å². The molecule has 0 saturated carbocycles. The zero-order chi connectivity index (χ0) is 10.3. The van der Waals surface area contributed by atoms with Crippen LogP contribution in [0.2, 0.25) is 5.02 Å². The van der Waals surface area contributed by atoms with Crippen molar-refractivity contribution in [3.8, 4) is 0 Å². The van der Waals surface area contributed by atoms with Crippen molar-refractivity contribution in [2.75, 3.05) is 0 Å². The van der Waals surface area contributed by atoms with E-state index in [0.717, 1.165) is 5.56 Å². The third-order valence-corrected chi connectivity index (χ3v) is 2.86.